The van der Waals surface area contributed by atoms with Gasteiger partial charge in [0.25, 0.3) is 5.91 Å². The molecule has 6 aliphatic rings. The highest BCUT2D eigenvalue weighted by Gasteiger charge is 2.39. The highest BCUT2D eigenvalue weighted by molar-refractivity contribution is 6.31. The minimum atomic E-state index is -0.369. The van der Waals surface area contributed by atoms with Gasteiger partial charge in [-0.3, -0.25) is 76.8 Å². The Morgan fingerprint density at radius 2 is 0.675 bits per heavy atom. The summed E-state index contributed by atoms with van der Waals surface area (Å²) in [5, 5.41) is 1.08. The molecular formula is C100H113N5O21. The van der Waals surface area contributed by atoms with Gasteiger partial charge in [0.1, 0.15) is 6.61 Å². The maximum atomic E-state index is 13.2. The quantitative estimate of drug-likeness (QED) is 0.0317. The van der Waals surface area contributed by atoms with Crippen LogP contribution < -0.4 is 0 Å². The molecule has 11 rings (SSSR count). The van der Waals surface area contributed by atoms with Gasteiger partial charge < -0.3 is 43.3 Å². The van der Waals surface area contributed by atoms with Crippen molar-refractivity contribution in [2.75, 3.05) is 116 Å². The number of likely N-dealkylation sites (N-methyl/N-ethyl adjacent to an activating group) is 4. The molecule has 26 nitrogen and oxygen atoms in total. The molecule has 1 saturated heterocycles. The first-order chi connectivity index (χ1) is 60.3. The van der Waals surface area contributed by atoms with Crippen molar-refractivity contribution in [2.45, 2.75) is 120 Å². The Balaban J connectivity index is 0.000000217. The Bertz CT molecular complexity index is 5440. The van der Waals surface area contributed by atoms with Crippen molar-refractivity contribution in [3.05, 3.63) is 292 Å². The highest BCUT2D eigenvalue weighted by Crippen LogP contribution is 2.35. The zero-order chi connectivity index (χ0) is 92.9. The molecule has 5 aromatic carbocycles. The van der Waals surface area contributed by atoms with E-state index in [1.165, 1.54) is 72.8 Å². The Labute approximate surface area is 736 Å². The molecule has 1 aliphatic heterocycles. The van der Waals surface area contributed by atoms with Crippen molar-refractivity contribution in [2.24, 2.45) is 0 Å². The van der Waals surface area contributed by atoms with E-state index < -0.39 is 0 Å². The first-order valence-electron chi connectivity index (χ1n) is 42.0. The molecule has 26 heteroatoms. The number of amides is 4. The number of rotatable bonds is 29. The number of allylic oxidation sites excluding steroid dienone is 15. The molecule has 0 bridgehead atoms. The number of ether oxygens (including phenoxy) is 5. The van der Waals surface area contributed by atoms with Crippen molar-refractivity contribution in [1.29, 1.82) is 0 Å². The summed E-state index contributed by atoms with van der Waals surface area (Å²) in [5.41, 5.74) is 7.02. The van der Waals surface area contributed by atoms with Crippen LogP contribution in [-0.4, -0.2) is 228 Å². The normalized spacial score (nSPS) is 15.4. The summed E-state index contributed by atoms with van der Waals surface area (Å²) in [6.07, 6.45) is 13.7. The SMILES string of the molecule is CCCC(=CC1=C(OC)C(=O)c2ccccc2C1=O)C(=O)COC.CCCC(=CC1=C(OC)C(=O)c2ccccc2C1=O)C(=O)N(C)OC.CCCC(=CC1=C(OC)C(=O)c2ccccc2C1=O)C(=O)N(CC)CC.CCCCC(=CC1=C(C)C(=O)c2ccccc2C1=O)C(=O)N1CCN(CC)CC1.COC1=C(C=C(C)C(=O)N(C)C)C(=O)c2ccccc2C1=O. The number of ketones is 11. The number of hydrogen-bond donors (Lipinski definition) is 0. The van der Waals surface area contributed by atoms with Crippen LogP contribution in [0.2, 0.25) is 0 Å². The average Bonchev–Trinajstić information content (AvgIpc) is 0.793. The van der Waals surface area contributed by atoms with Crippen molar-refractivity contribution < 1.29 is 100 Å². The lowest BCUT2D eigenvalue weighted by molar-refractivity contribution is -0.164. The van der Waals surface area contributed by atoms with Crippen LogP contribution in [0.1, 0.15) is 224 Å². The van der Waals surface area contributed by atoms with Gasteiger partial charge in [-0.2, -0.15) is 0 Å². The Kier molecular flexibility index (Phi) is 37.8. The number of piperazine rings is 1. The van der Waals surface area contributed by atoms with Crippen LogP contribution in [0.25, 0.3) is 0 Å². The van der Waals surface area contributed by atoms with Gasteiger partial charge in [0.15, 0.2) is 63.5 Å². The molecule has 664 valence electrons. The van der Waals surface area contributed by atoms with Crippen molar-refractivity contribution >= 4 is 87.2 Å². The summed E-state index contributed by atoms with van der Waals surface area (Å²) in [6.45, 7) is 22.4. The van der Waals surface area contributed by atoms with E-state index in [0.717, 1.165) is 50.4 Å². The molecule has 1 fully saturated rings. The first kappa shape index (κ1) is 99.9. The molecule has 126 heavy (non-hydrogen) atoms. The summed E-state index contributed by atoms with van der Waals surface area (Å²) < 4.78 is 25.6. The molecule has 0 saturated carbocycles. The number of fused-ring (bicyclic) bond motifs is 5. The van der Waals surface area contributed by atoms with Crippen LogP contribution in [0, 0.1) is 0 Å². The summed E-state index contributed by atoms with van der Waals surface area (Å²) in [4.78, 5) is 202. The molecule has 4 amide bonds. The number of Topliss-reactive ketones (excluding diaryl/α,β-unsaturated/α-hetero) is 11. The smallest absolute Gasteiger partial charge is 0.273 e. The average molecular weight is 1720 g/mol. The number of benzene rings is 5. The highest BCUT2D eigenvalue weighted by atomic mass is 16.7. The second-order valence-corrected chi connectivity index (χ2v) is 29.9. The van der Waals surface area contributed by atoms with Gasteiger partial charge in [0.2, 0.25) is 40.9 Å². The fourth-order valence-corrected chi connectivity index (χ4v) is 14.7. The van der Waals surface area contributed by atoms with Crippen LogP contribution in [0.5, 0.6) is 0 Å². The van der Waals surface area contributed by atoms with E-state index in [2.05, 4.69) is 18.7 Å². The Morgan fingerprint density at radius 1 is 0.365 bits per heavy atom. The molecule has 5 aromatic rings. The lowest BCUT2D eigenvalue weighted by atomic mass is 9.83. The van der Waals surface area contributed by atoms with Gasteiger partial charge in [-0.25, -0.2) is 5.06 Å². The van der Waals surface area contributed by atoms with Crippen molar-refractivity contribution in [3.8, 4) is 0 Å². The molecule has 0 spiro atoms. The van der Waals surface area contributed by atoms with E-state index in [1.54, 1.807) is 166 Å². The standard InChI is InChI=1S/C24H30N2O3.C21H25NO4.C19H21NO5.C19H20O5.C17H17NO4/c1-4-6-9-18(24(29)26-14-12-25(5-2)13-15-26)16-21-17(3)22(27)19-10-7-8-11-20(19)23(21)28;1-5-10-14(21(25)22(6-2)7-3)13-17-18(23)15-11-8-9-12-16(15)19(24)20(17)26-4;1-5-8-12(19(23)20(2)25-4)11-15-16(21)13-9-6-7-10-14(13)17(22)18(15)24-3;1-4-7-12(16(20)11-23-2)10-15-17(21)13-8-5-6-9-14(13)18(22)19(15)24-3;1-10(17(21)18(2)3)9-13-14(19)11-7-5-6-8-12(11)15(20)16(13)22-4/h7-8,10-11,16H,4-6,9,12-15H2,1-3H3;8-9,11-13H,5-7,10H2,1-4H3;6-7,9-11H,5,8H2,1-4H3;5-6,8-10H,4,7,11H2,1-3H3;5-9H,1-4H3. The summed E-state index contributed by atoms with van der Waals surface area (Å²) in [7, 11) is 12.9. The minimum Gasteiger partial charge on any atom is -0.492 e. The summed E-state index contributed by atoms with van der Waals surface area (Å²) in [5.74, 6) is -4.03. The number of hydrogen-bond acceptors (Lipinski definition) is 22. The van der Waals surface area contributed by atoms with Crippen LogP contribution >= 0.6 is 0 Å². The van der Waals surface area contributed by atoms with E-state index in [0.29, 0.717) is 153 Å². The van der Waals surface area contributed by atoms with Gasteiger partial charge in [-0.15, -0.1) is 0 Å². The second-order valence-electron chi connectivity index (χ2n) is 29.9. The number of hydroxylamine groups is 2. The number of carbonyl (C=O) groups is 15. The van der Waals surface area contributed by atoms with E-state index in [9.17, 15) is 71.9 Å². The Hall–Kier alpha value is -13.2. The second kappa shape index (κ2) is 47.6. The van der Waals surface area contributed by atoms with E-state index in [4.69, 9.17) is 28.5 Å². The minimum absolute atomic E-state index is 0.00495. The molecule has 0 unspecified atom stereocenters. The van der Waals surface area contributed by atoms with Gasteiger partial charge >= 0.3 is 0 Å². The molecule has 0 atom stereocenters. The molecule has 0 radical (unpaired) electrons. The summed E-state index contributed by atoms with van der Waals surface area (Å²) >= 11 is 0. The van der Waals surface area contributed by atoms with Crippen molar-refractivity contribution in [1.82, 2.24) is 24.7 Å². The van der Waals surface area contributed by atoms with E-state index in [-0.39, 0.29) is 139 Å². The van der Waals surface area contributed by atoms with Gasteiger partial charge in [-0.05, 0) is 102 Å². The predicted molar refractivity (Wildman–Crippen MR) is 477 cm³/mol. The number of nitrogens with zero attached hydrogens (tertiary/aromatic N) is 5. The molecule has 0 aromatic heterocycles. The molecule has 0 N–H and O–H groups in total. The zero-order valence-electron chi connectivity index (χ0n) is 75.3. The fraction of sp³-hybridized carbons (Fsp3) is 0.350. The fourth-order valence-electron chi connectivity index (χ4n) is 14.7. The van der Waals surface area contributed by atoms with Crippen molar-refractivity contribution in [3.63, 3.8) is 0 Å². The first-order valence-corrected chi connectivity index (χ1v) is 42.0. The lowest BCUT2D eigenvalue weighted by Crippen LogP contribution is -2.48. The summed E-state index contributed by atoms with van der Waals surface area (Å²) in [6, 6.07) is 33.3. The maximum Gasteiger partial charge on any atom is 0.273 e. The van der Waals surface area contributed by atoms with Crippen LogP contribution in [0.4, 0.5) is 0 Å². The molecule has 1 heterocycles. The van der Waals surface area contributed by atoms with Crippen LogP contribution in [0.3, 0.4) is 0 Å². The van der Waals surface area contributed by atoms with Gasteiger partial charge in [0.05, 0.1) is 57.8 Å². The van der Waals surface area contributed by atoms with E-state index >= 15 is 0 Å². The van der Waals surface area contributed by atoms with Gasteiger partial charge in [-0.1, -0.05) is 182 Å². The van der Waals surface area contributed by atoms with Crippen LogP contribution in [-0.2, 0) is 52.5 Å². The predicted octanol–water partition coefficient (Wildman–Crippen LogP) is 14.8. The monoisotopic (exact) mass is 1720 g/mol. The third-order valence-electron chi connectivity index (χ3n) is 21.6. The lowest BCUT2D eigenvalue weighted by Gasteiger charge is -2.34. The number of methoxy groups -OCH3 is 5. The number of carbonyl (C=O) groups excluding carboxylic acids is 15. The van der Waals surface area contributed by atoms with Gasteiger partial charge in [0, 0.05) is 157 Å². The maximum absolute atomic E-state index is 13.2. The van der Waals surface area contributed by atoms with Crippen LogP contribution in [0.15, 0.2) is 236 Å². The third kappa shape index (κ3) is 23.2. The van der Waals surface area contributed by atoms with E-state index in [1.807, 2.05) is 39.5 Å². The topological polar surface area (TPSA) is 328 Å². The number of unbranched alkanes of at least 4 members (excludes halogenated alkanes) is 1. The Morgan fingerprint density at radius 3 is 0.984 bits per heavy atom. The third-order valence-corrected chi connectivity index (χ3v) is 21.6. The zero-order valence-corrected chi connectivity index (χ0v) is 75.3. The molecular weight excluding hydrogens is 1610 g/mol. The largest absolute Gasteiger partial charge is 0.492 e. The molecule has 5 aliphatic carbocycles.